The van der Waals surface area contributed by atoms with Gasteiger partial charge in [-0.3, -0.25) is 4.79 Å². The van der Waals surface area contributed by atoms with E-state index in [4.69, 9.17) is 10.2 Å². The Kier molecular flexibility index (Phi) is 4.34. The van der Waals surface area contributed by atoms with Crippen LogP contribution in [0, 0.1) is 5.41 Å². The number of carboxylic acids is 1. The van der Waals surface area contributed by atoms with Crippen molar-refractivity contribution in [1.29, 1.82) is 0 Å². The number of nitrogens with zero attached hydrogens (tertiary/aromatic N) is 2. The number of aliphatic hydroxyl groups is 1. The quantitative estimate of drug-likeness (QED) is 0.741. The standard InChI is InChI=1S/C11H20N2O4/c1-3-12(6-7-14)10(17)13-5-4-11(2,8-13)9(15)16/h14H,3-8H2,1-2H3,(H,15,16). The minimum Gasteiger partial charge on any atom is -0.481 e. The molecule has 98 valence electrons. The second-order valence-electron chi connectivity index (χ2n) is 4.62. The van der Waals surface area contributed by atoms with E-state index < -0.39 is 11.4 Å². The van der Waals surface area contributed by atoms with Gasteiger partial charge in [-0.05, 0) is 20.3 Å². The number of urea groups is 1. The first-order valence-electron chi connectivity index (χ1n) is 5.82. The predicted molar refractivity (Wildman–Crippen MR) is 61.7 cm³/mol. The molecule has 1 atom stereocenters. The highest BCUT2D eigenvalue weighted by Gasteiger charge is 2.42. The van der Waals surface area contributed by atoms with E-state index in [-0.39, 0.29) is 25.7 Å². The molecule has 0 saturated carbocycles. The molecule has 17 heavy (non-hydrogen) atoms. The molecule has 1 saturated heterocycles. The third-order valence-electron chi connectivity index (χ3n) is 3.28. The van der Waals surface area contributed by atoms with Crippen molar-refractivity contribution in [3.05, 3.63) is 0 Å². The fraction of sp³-hybridized carbons (Fsp3) is 0.818. The van der Waals surface area contributed by atoms with Gasteiger partial charge >= 0.3 is 12.0 Å². The monoisotopic (exact) mass is 244 g/mol. The minimum atomic E-state index is -0.863. The van der Waals surface area contributed by atoms with Crippen molar-refractivity contribution in [1.82, 2.24) is 9.80 Å². The van der Waals surface area contributed by atoms with Crippen LogP contribution >= 0.6 is 0 Å². The smallest absolute Gasteiger partial charge is 0.320 e. The lowest BCUT2D eigenvalue weighted by Crippen LogP contribution is -2.44. The third kappa shape index (κ3) is 2.88. The molecule has 1 heterocycles. The number of carboxylic acid groups (broad SMARTS) is 1. The molecule has 2 amide bonds. The first kappa shape index (κ1) is 13.8. The van der Waals surface area contributed by atoms with Crippen molar-refractivity contribution in [3.8, 4) is 0 Å². The Balaban J connectivity index is 2.64. The van der Waals surface area contributed by atoms with Gasteiger partial charge in [0.05, 0.1) is 12.0 Å². The molecule has 1 fully saturated rings. The lowest BCUT2D eigenvalue weighted by atomic mass is 9.90. The van der Waals surface area contributed by atoms with Gasteiger partial charge in [0.2, 0.25) is 0 Å². The van der Waals surface area contributed by atoms with Crippen molar-refractivity contribution < 1.29 is 19.8 Å². The number of aliphatic hydroxyl groups excluding tert-OH is 1. The number of hydrogen-bond acceptors (Lipinski definition) is 3. The number of aliphatic carboxylic acids is 1. The second kappa shape index (κ2) is 5.35. The molecule has 0 aromatic carbocycles. The molecular formula is C11H20N2O4. The second-order valence-corrected chi connectivity index (χ2v) is 4.62. The number of carbonyl (C=O) groups excluding carboxylic acids is 1. The summed E-state index contributed by atoms with van der Waals surface area (Å²) < 4.78 is 0. The summed E-state index contributed by atoms with van der Waals surface area (Å²) in [4.78, 5) is 26.2. The molecule has 1 aliphatic heterocycles. The van der Waals surface area contributed by atoms with Crippen LogP contribution in [-0.2, 0) is 4.79 Å². The highest BCUT2D eigenvalue weighted by Crippen LogP contribution is 2.30. The van der Waals surface area contributed by atoms with Crippen LogP contribution in [0.5, 0.6) is 0 Å². The van der Waals surface area contributed by atoms with Crippen LogP contribution in [0.2, 0.25) is 0 Å². The third-order valence-corrected chi connectivity index (χ3v) is 3.28. The highest BCUT2D eigenvalue weighted by atomic mass is 16.4. The maximum absolute atomic E-state index is 12.0. The molecule has 1 aliphatic rings. The van der Waals surface area contributed by atoms with Crippen LogP contribution in [0.15, 0.2) is 0 Å². The SMILES string of the molecule is CCN(CCO)C(=O)N1CCC(C)(C(=O)O)C1. The van der Waals surface area contributed by atoms with E-state index in [9.17, 15) is 9.59 Å². The Bertz CT molecular complexity index is 308. The molecule has 6 heteroatoms. The summed E-state index contributed by atoms with van der Waals surface area (Å²) in [5, 5.41) is 17.9. The van der Waals surface area contributed by atoms with E-state index in [1.165, 1.54) is 4.90 Å². The zero-order valence-corrected chi connectivity index (χ0v) is 10.3. The van der Waals surface area contributed by atoms with E-state index in [1.807, 2.05) is 6.92 Å². The average Bonchev–Trinajstić information content (AvgIpc) is 2.69. The molecule has 6 nitrogen and oxygen atoms in total. The van der Waals surface area contributed by atoms with E-state index in [2.05, 4.69) is 0 Å². The van der Waals surface area contributed by atoms with E-state index in [1.54, 1.807) is 11.8 Å². The number of carbonyl (C=O) groups is 2. The largest absolute Gasteiger partial charge is 0.481 e. The summed E-state index contributed by atoms with van der Waals surface area (Å²) in [5.41, 5.74) is -0.839. The maximum Gasteiger partial charge on any atom is 0.320 e. The van der Waals surface area contributed by atoms with Crippen molar-refractivity contribution >= 4 is 12.0 Å². The minimum absolute atomic E-state index is 0.0797. The average molecular weight is 244 g/mol. The lowest BCUT2D eigenvalue weighted by molar-refractivity contribution is -0.147. The van der Waals surface area contributed by atoms with Gasteiger partial charge in [-0.2, -0.15) is 0 Å². The number of amides is 2. The van der Waals surface area contributed by atoms with Gasteiger partial charge in [0.25, 0.3) is 0 Å². The molecule has 0 radical (unpaired) electrons. The molecule has 0 spiro atoms. The van der Waals surface area contributed by atoms with Crippen LogP contribution in [0.25, 0.3) is 0 Å². The molecule has 0 aromatic heterocycles. The van der Waals surface area contributed by atoms with Crippen molar-refractivity contribution in [2.75, 3.05) is 32.8 Å². The van der Waals surface area contributed by atoms with Gasteiger partial charge < -0.3 is 20.0 Å². The van der Waals surface area contributed by atoms with Crippen molar-refractivity contribution in [2.24, 2.45) is 5.41 Å². The zero-order valence-electron chi connectivity index (χ0n) is 10.3. The summed E-state index contributed by atoms with van der Waals surface area (Å²) in [6.07, 6.45) is 0.477. The van der Waals surface area contributed by atoms with E-state index >= 15 is 0 Å². The molecule has 0 bridgehead atoms. The van der Waals surface area contributed by atoms with Crippen molar-refractivity contribution in [2.45, 2.75) is 20.3 Å². The van der Waals surface area contributed by atoms with Crippen LogP contribution in [-0.4, -0.2) is 64.8 Å². The molecule has 0 aliphatic carbocycles. The molecule has 0 aromatic rings. The van der Waals surface area contributed by atoms with Gasteiger partial charge in [-0.1, -0.05) is 0 Å². The van der Waals surface area contributed by atoms with Crippen molar-refractivity contribution in [3.63, 3.8) is 0 Å². The highest BCUT2D eigenvalue weighted by molar-refractivity contribution is 5.79. The number of rotatable bonds is 4. The van der Waals surface area contributed by atoms with Gasteiger partial charge in [0, 0.05) is 26.2 Å². The number of likely N-dealkylation sites (N-methyl/N-ethyl adjacent to an activating group) is 1. The molecule has 1 rings (SSSR count). The summed E-state index contributed by atoms with van der Waals surface area (Å²) >= 11 is 0. The zero-order chi connectivity index (χ0) is 13.1. The maximum atomic E-state index is 12.0. The van der Waals surface area contributed by atoms with E-state index in [0.29, 0.717) is 19.5 Å². The Morgan fingerprint density at radius 3 is 2.53 bits per heavy atom. The fourth-order valence-electron chi connectivity index (χ4n) is 2.01. The van der Waals surface area contributed by atoms with Gasteiger partial charge in [-0.25, -0.2) is 4.79 Å². The summed E-state index contributed by atoms with van der Waals surface area (Å²) in [5.74, 6) is -0.863. The fourth-order valence-corrected chi connectivity index (χ4v) is 2.01. The van der Waals surface area contributed by atoms with Crippen LogP contribution in [0.3, 0.4) is 0 Å². The van der Waals surface area contributed by atoms with Gasteiger partial charge in [0.15, 0.2) is 0 Å². The molecule has 2 N–H and O–H groups in total. The molecule has 1 unspecified atom stereocenters. The summed E-state index contributed by atoms with van der Waals surface area (Å²) in [6, 6.07) is -0.188. The first-order valence-corrected chi connectivity index (χ1v) is 5.82. The van der Waals surface area contributed by atoms with E-state index in [0.717, 1.165) is 0 Å². The lowest BCUT2D eigenvalue weighted by Gasteiger charge is -2.27. The Morgan fingerprint density at radius 1 is 1.47 bits per heavy atom. The van der Waals surface area contributed by atoms with Gasteiger partial charge in [0.1, 0.15) is 0 Å². The first-order chi connectivity index (χ1) is 7.94. The van der Waals surface area contributed by atoms with Gasteiger partial charge in [-0.15, -0.1) is 0 Å². The number of likely N-dealkylation sites (tertiary alicyclic amines) is 1. The summed E-state index contributed by atoms with van der Waals surface area (Å²) in [7, 11) is 0. The van der Waals surface area contributed by atoms with Crippen LogP contribution in [0.1, 0.15) is 20.3 Å². The Labute approximate surface area is 101 Å². The van der Waals surface area contributed by atoms with Crippen LogP contribution in [0.4, 0.5) is 4.79 Å². The topological polar surface area (TPSA) is 81.1 Å². The predicted octanol–water partition coefficient (Wildman–Crippen LogP) is 0.217. The Hall–Kier alpha value is -1.30. The summed E-state index contributed by atoms with van der Waals surface area (Å²) in [6.45, 7) is 4.91. The normalized spacial score (nSPS) is 23.8. The number of hydrogen-bond donors (Lipinski definition) is 2. The Morgan fingerprint density at radius 2 is 2.12 bits per heavy atom. The van der Waals surface area contributed by atoms with Crippen LogP contribution < -0.4 is 0 Å². The molecular weight excluding hydrogens is 224 g/mol.